The number of aliphatic hydroxyl groups excluding tert-OH is 1. The van der Waals surface area contributed by atoms with Gasteiger partial charge in [0.15, 0.2) is 11.5 Å². The van der Waals surface area contributed by atoms with Crippen LogP contribution in [0.3, 0.4) is 0 Å². The summed E-state index contributed by atoms with van der Waals surface area (Å²) in [5.41, 5.74) is 3.60. The lowest BCUT2D eigenvalue weighted by Gasteiger charge is -2.26. The van der Waals surface area contributed by atoms with Crippen LogP contribution in [0, 0.1) is 6.92 Å². The summed E-state index contributed by atoms with van der Waals surface area (Å²) >= 11 is 0. The van der Waals surface area contributed by atoms with Gasteiger partial charge >= 0.3 is 0 Å². The molecule has 3 aromatic carbocycles. The van der Waals surface area contributed by atoms with Crippen LogP contribution in [0.1, 0.15) is 16.7 Å². The van der Waals surface area contributed by atoms with Gasteiger partial charge in [-0.25, -0.2) is 0 Å². The lowest BCUT2D eigenvalue weighted by Crippen LogP contribution is -2.35. The van der Waals surface area contributed by atoms with Crippen LogP contribution < -0.4 is 14.2 Å². The zero-order valence-corrected chi connectivity index (χ0v) is 17.2. The second kappa shape index (κ2) is 9.65. The van der Waals surface area contributed by atoms with Gasteiger partial charge < -0.3 is 19.3 Å². The van der Waals surface area contributed by atoms with E-state index in [1.807, 2.05) is 54.6 Å². The summed E-state index contributed by atoms with van der Waals surface area (Å²) in [6, 6.07) is 23.9. The van der Waals surface area contributed by atoms with Crippen molar-refractivity contribution >= 4 is 0 Å². The van der Waals surface area contributed by atoms with E-state index in [1.54, 1.807) is 0 Å². The van der Waals surface area contributed by atoms with E-state index in [0.717, 1.165) is 29.4 Å². The highest BCUT2D eigenvalue weighted by Crippen LogP contribution is 2.33. The summed E-state index contributed by atoms with van der Waals surface area (Å²) in [6.45, 7) is 4.55. The Hall–Kier alpha value is -3.02. The Balaban J connectivity index is 1.44. The molecule has 0 amide bonds. The second-order valence-electron chi connectivity index (χ2n) is 7.56. The summed E-state index contributed by atoms with van der Waals surface area (Å²) in [6.07, 6.45) is -0.608. The van der Waals surface area contributed by atoms with Gasteiger partial charge in [0.2, 0.25) is 6.79 Å². The molecule has 0 radical (unpaired) electrons. The van der Waals surface area contributed by atoms with Crippen LogP contribution in [-0.2, 0) is 13.1 Å². The predicted molar refractivity (Wildman–Crippen MR) is 116 cm³/mol. The molecule has 0 unspecified atom stereocenters. The average Bonchev–Trinajstić information content (AvgIpc) is 3.22. The smallest absolute Gasteiger partial charge is 0.231 e. The standard InChI is InChI=1S/C25H27NO4/c1-19-7-5-6-8-21(19)15-26(14-20-11-12-24-25(13-20)30-18-29-24)16-22(27)17-28-23-9-3-2-4-10-23/h2-13,22,27H,14-18H2,1H3/t22-/m1/s1. The van der Waals surface area contributed by atoms with Crippen molar-refractivity contribution in [3.8, 4) is 17.2 Å². The van der Waals surface area contributed by atoms with Crippen LogP contribution in [0.4, 0.5) is 0 Å². The number of aryl methyl sites for hydroxylation is 1. The van der Waals surface area contributed by atoms with E-state index in [9.17, 15) is 5.11 Å². The Kier molecular flexibility index (Phi) is 6.52. The van der Waals surface area contributed by atoms with Gasteiger partial charge in [-0.3, -0.25) is 4.90 Å². The number of hydrogen-bond acceptors (Lipinski definition) is 5. The lowest BCUT2D eigenvalue weighted by molar-refractivity contribution is 0.0627. The maximum atomic E-state index is 10.6. The van der Waals surface area contributed by atoms with E-state index >= 15 is 0 Å². The molecule has 1 atom stereocenters. The zero-order chi connectivity index (χ0) is 20.8. The van der Waals surface area contributed by atoms with Crippen molar-refractivity contribution in [3.05, 3.63) is 89.5 Å². The van der Waals surface area contributed by atoms with E-state index in [2.05, 4.69) is 30.0 Å². The highest BCUT2D eigenvalue weighted by Gasteiger charge is 2.18. The van der Waals surface area contributed by atoms with Crippen LogP contribution >= 0.6 is 0 Å². The molecular formula is C25H27NO4. The summed E-state index contributed by atoms with van der Waals surface area (Å²) in [5, 5.41) is 10.6. The minimum atomic E-state index is -0.608. The molecule has 5 nitrogen and oxygen atoms in total. The fraction of sp³-hybridized carbons (Fsp3) is 0.280. The quantitative estimate of drug-likeness (QED) is 0.579. The highest BCUT2D eigenvalue weighted by molar-refractivity contribution is 5.44. The number of hydrogen-bond donors (Lipinski definition) is 1. The molecule has 0 bridgehead atoms. The van der Waals surface area contributed by atoms with Gasteiger partial charge in [-0.15, -0.1) is 0 Å². The molecule has 0 saturated carbocycles. The van der Waals surface area contributed by atoms with Gasteiger partial charge in [-0.1, -0.05) is 48.5 Å². The fourth-order valence-electron chi connectivity index (χ4n) is 3.57. The third-order valence-corrected chi connectivity index (χ3v) is 5.15. The third kappa shape index (κ3) is 5.32. The highest BCUT2D eigenvalue weighted by atomic mass is 16.7. The number of aliphatic hydroxyl groups is 1. The predicted octanol–water partition coefficient (Wildman–Crippen LogP) is 4.17. The fourth-order valence-corrected chi connectivity index (χ4v) is 3.57. The molecule has 1 aliphatic rings. The summed E-state index contributed by atoms with van der Waals surface area (Å²) in [5.74, 6) is 2.31. The van der Waals surface area contributed by atoms with Gasteiger partial charge in [0, 0.05) is 19.6 Å². The monoisotopic (exact) mass is 405 g/mol. The van der Waals surface area contributed by atoms with Crippen molar-refractivity contribution in [2.24, 2.45) is 0 Å². The number of nitrogens with zero attached hydrogens (tertiary/aromatic N) is 1. The molecule has 0 aromatic heterocycles. The van der Waals surface area contributed by atoms with Gasteiger partial charge in [0.05, 0.1) is 0 Å². The van der Waals surface area contributed by atoms with Gasteiger partial charge in [-0.2, -0.15) is 0 Å². The SMILES string of the molecule is Cc1ccccc1CN(Cc1ccc2c(c1)OCO2)C[C@@H](O)COc1ccccc1. The maximum Gasteiger partial charge on any atom is 0.231 e. The van der Waals surface area contributed by atoms with Crippen LogP contribution in [0.25, 0.3) is 0 Å². The molecule has 1 heterocycles. The molecule has 3 aromatic rings. The van der Waals surface area contributed by atoms with Gasteiger partial charge in [0.25, 0.3) is 0 Å². The van der Waals surface area contributed by atoms with Gasteiger partial charge in [-0.05, 0) is 47.9 Å². The number of fused-ring (bicyclic) bond motifs is 1. The van der Waals surface area contributed by atoms with E-state index in [0.29, 0.717) is 13.1 Å². The van der Waals surface area contributed by atoms with Crippen molar-refractivity contribution < 1.29 is 19.3 Å². The third-order valence-electron chi connectivity index (χ3n) is 5.15. The Labute approximate surface area is 177 Å². The summed E-state index contributed by atoms with van der Waals surface area (Å²) in [7, 11) is 0. The molecule has 5 heteroatoms. The van der Waals surface area contributed by atoms with Crippen LogP contribution in [0.2, 0.25) is 0 Å². The molecule has 4 rings (SSSR count). The normalized spacial score (nSPS) is 13.4. The largest absolute Gasteiger partial charge is 0.491 e. The van der Waals surface area contributed by atoms with E-state index in [-0.39, 0.29) is 13.4 Å². The Morgan fingerprint density at radius 2 is 1.70 bits per heavy atom. The average molecular weight is 405 g/mol. The first-order chi connectivity index (χ1) is 14.7. The van der Waals surface area contributed by atoms with Crippen molar-refractivity contribution in [3.63, 3.8) is 0 Å². The first-order valence-corrected chi connectivity index (χ1v) is 10.2. The van der Waals surface area contributed by atoms with Crippen molar-refractivity contribution in [2.45, 2.75) is 26.1 Å². The minimum Gasteiger partial charge on any atom is -0.491 e. The second-order valence-corrected chi connectivity index (χ2v) is 7.56. The number of para-hydroxylation sites is 1. The van der Waals surface area contributed by atoms with Gasteiger partial charge in [0.1, 0.15) is 18.5 Å². The molecule has 156 valence electrons. The Morgan fingerprint density at radius 1 is 0.933 bits per heavy atom. The topological polar surface area (TPSA) is 51.2 Å². The number of rotatable bonds is 9. The van der Waals surface area contributed by atoms with Crippen molar-refractivity contribution in [1.82, 2.24) is 4.90 Å². The molecule has 0 aliphatic carbocycles. The molecule has 1 aliphatic heterocycles. The van der Waals surface area contributed by atoms with Crippen LogP contribution in [-0.4, -0.2) is 36.1 Å². The van der Waals surface area contributed by atoms with Crippen molar-refractivity contribution in [2.75, 3.05) is 19.9 Å². The molecule has 0 saturated heterocycles. The molecular weight excluding hydrogens is 378 g/mol. The Bertz CT molecular complexity index is 960. The molecule has 30 heavy (non-hydrogen) atoms. The zero-order valence-electron chi connectivity index (χ0n) is 17.2. The van der Waals surface area contributed by atoms with Crippen LogP contribution in [0.15, 0.2) is 72.8 Å². The lowest BCUT2D eigenvalue weighted by atomic mass is 10.1. The Morgan fingerprint density at radius 3 is 2.53 bits per heavy atom. The molecule has 0 spiro atoms. The maximum absolute atomic E-state index is 10.6. The number of ether oxygens (including phenoxy) is 3. The molecule has 0 fully saturated rings. The first kappa shape index (κ1) is 20.3. The first-order valence-electron chi connectivity index (χ1n) is 10.2. The van der Waals surface area contributed by atoms with Crippen LogP contribution in [0.5, 0.6) is 17.2 Å². The van der Waals surface area contributed by atoms with Crippen molar-refractivity contribution in [1.29, 1.82) is 0 Å². The molecule has 1 N–H and O–H groups in total. The minimum absolute atomic E-state index is 0.245. The number of benzene rings is 3. The van der Waals surface area contributed by atoms with E-state index < -0.39 is 6.10 Å². The summed E-state index contributed by atoms with van der Waals surface area (Å²) in [4.78, 5) is 2.24. The van der Waals surface area contributed by atoms with E-state index in [1.165, 1.54) is 11.1 Å². The van der Waals surface area contributed by atoms with E-state index in [4.69, 9.17) is 14.2 Å². The summed E-state index contributed by atoms with van der Waals surface area (Å²) < 4.78 is 16.7.